The fourth-order valence-corrected chi connectivity index (χ4v) is 2.32. The monoisotopic (exact) mass is 288 g/mol. The second-order valence-corrected chi connectivity index (χ2v) is 4.48. The fourth-order valence-electron chi connectivity index (χ4n) is 2.32. The van der Waals surface area contributed by atoms with Crippen LogP contribution in [-0.4, -0.2) is 27.5 Å². The van der Waals surface area contributed by atoms with Gasteiger partial charge in [0.25, 0.3) is 0 Å². The lowest BCUT2D eigenvalue weighted by atomic mass is 9.85. The Bertz CT molecular complexity index is 651. The number of rotatable bonds is 4. The van der Waals surface area contributed by atoms with E-state index in [0.29, 0.717) is 5.56 Å². The maximum atomic E-state index is 10.1. The third-order valence-electron chi connectivity index (χ3n) is 3.31. The molecule has 0 saturated heterocycles. The van der Waals surface area contributed by atoms with Gasteiger partial charge in [-0.25, -0.2) is 0 Å². The molecule has 0 saturated carbocycles. The molecule has 1 unspecified atom stereocenters. The van der Waals surface area contributed by atoms with Gasteiger partial charge in [-0.1, -0.05) is 30.3 Å². The normalized spacial score (nSPS) is 14.1. The number of phenols is 3. The van der Waals surface area contributed by atoms with Crippen LogP contribution in [0.4, 0.5) is 0 Å². The molecule has 2 aromatic rings. The second-order valence-electron chi connectivity index (χ2n) is 4.48. The summed E-state index contributed by atoms with van der Waals surface area (Å²) < 4.78 is 5.51. The molecule has 21 heavy (non-hydrogen) atoms. The van der Waals surface area contributed by atoms with Crippen LogP contribution in [0.2, 0.25) is 0 Å². The zero-order chi connectivity index (χ0) is 15.5. The fraction of sp³-hybridized carbons (Fsp3) is 0.125. The molecule has 0 aromatic heterocycles. The van der Waals surface area contributed by atoms with Crippen LogP contribution in [0.25, 0.3) is 0 Å². The van der Waals surface area contributed by atoms with E-state index in [9.17, 15) is 20.4 Å². The smallest absolute Gasteiger partial charge is 0.164 e. The van der Waals surface area contributed by atoms with Gasteiger partial charge in [-0.05, 0) is 17.7 Å². The van der Waals surface area contributed by atoms with Crippen molar-refractivity contribution in [3.63, 3.8) is 0 Å². The van der Waals surface area contributed by atoms with Gasteiger partial charge in [0.05, 0.1) is 6.26 Å². The molecular formula is C16H16O5. The van der Waals surface area contributed by atoms with Gasteiger partial charge in [-0.15, -0.1) is 0 Å². The largest absolute Gasteiger partial charge is 0.516 e. The summed E-state index contributed by atoms with van der Waals surface area (Å²) in [6.07, 6.45) is 2.10. The Balaban J connectivity index is 2.78. The number of hydrogen-bond acceptors (Lipinski definition) is 5. The van der Waals surface area contributed by atoms with E-state index in [-0.39, 0.29) is 11.3 Å². The molecular weight excluding hydrogens is 272 g/mol. The third kappa shape index (κ3) is 2.51. The molecule has 0 aliphatic heterocycles. The molecule has 5 heteroatoms. The molecule has 0 amide bonds. The Morgan fingerprint density at radius 1 is 1.05 bits per heavy atom. The summed E-state index contributed by atoms with van der Waals surface area (Å²) in [7, 11) is 1.40. The number of benzene rings is 2. The van der Waals surface area contributed by atoms with E-state index in [4.69, 9.17) is 4.74 Å². The first-order valence-corrected chi connectivity index (χ1v) is 6.23. The second kappa shape index (κ2) is 5.76. The standard InChI is InChI=1S/C16H16O5/c1-21-16(7-8-17,11-5-3-2-4-6-11)13-9-12(18)10-14(19)15(13)20/h2-10,17-20H,1H3. The molecule has 2 aromatic carbocycles. The van der Waals surface area contributed by atoms with Crippen molar-refractivity contribution < 1.29 is 25.2 Å². The number of methoxy groups -OCH3 is 1. The lowest BCUT2D eigenvalue weighted by Gasteiger charge is -2.31. The summed E-state index contributed by atoms with van der Waals surface area (Å²) in [4.78, 5) is 0. The quantitative estimate of drug-likeness (QED) is 0.394. The molecule has 1 atom stereocenters. The van der Waals surface area contributed by atoms with Gasteiger partial charge in [0, 0.05) is 18.7 Å². The molecule has 4 N–H and O–H groups in total. The van der Waals surface area contributed by atoms with Crippen LogP contribution in [0.1, 0.15) is 11.1 Å². The van der Waals surface area contributed by atoms with Crippen LogP contribution in [0.5, 0.6) is 17.2 Å². The minimum Gasteiger partial charge on any atom is -0.516 e. The van der Waals surface area contributed by atoms with Crippen molar-refractivity contribution in [1.82, 2.24) is 0 Å². The van der Waals surface area contributed by atoms with Crippen LogP contribution in [-0.2, 0) is 10.3 Å². The Hall–Kier alpha value is -2.66. The molecule has 110 valence electrons. The van der Waals surface area contributed by atoms with E-state index in [2.05, 4.69) is 0 Å². The summed E-state index contributed by atoms with van der Waals surface area (Å²) in [5.41, 5.74) is -0.631. The van der Waals surface area contributed by atoms with Gasteiger partial charge in [-0.2, -0.15) is 0 Å². The predicted octanol–water partition coefficient (Wildman–Crippen LogP) is 2.77. The molecule has 0 aliphatic carbocycles. The number of aliphatic hydroxyl groups is 1. The number of aromatic hydroxyl groups is 3. The molecule has 0 fully saturated rings. The number of hydrogen-bond donors (Lipinski definition) is 4. The number of phenolic OH excluding ortho intramolecular Hbond substituents is 3. The van der Waals surface area contributed by atoms with Gasteiger partial charge in [0.1, 0.15) is 11.4 Å². The molecule has 0 spiro atoms. The van der Waals surface area contributed by atoms with Crippen molar-refractivity contribution in [2.24, 2.45) is 0 Å². The van der Waals surface area contributed by atoms with E-state index in [1.165, 1.54) is 19.3 Å². The zero-order valence-corrected chi connectivity index (χ0v) is 11.4. The van der Waals surface area contributed by atoms with E-state index in [1.54, 1.807) is 24.3 Å². The maximum absolute atomic E-state index is 10.1. The van der Waals surface area contributed by atoms with Crippen molar-refractivity contribution in [1.29, 1.82) is 0 Å². The van der Waals surface area contributed by atoms with E-state index < -0.39 is 17.1 Å². The van der Waals surface area contributed by atoms with Gasteiger partial charge < -0.3 is 25.2 Å². The Labute approximate surface area is 122 Å². The highest BCUT2D eigenvalue weighted by molar-refractivity contribution is 5.56. The number of aliphatic hydroxyl groups excluding tert-OH is 1. The molecule has 0 radical (unpaired) electrons. The Morgan fingerprint density at radius 2 is 1.71 bits per heavy atom. The van der Waals surface area contributed by atoms with Crippen LogP contribution >= 0.6 is 0 Å². The van der Waals surface area contributed by atoms with Crippen molar-refractivity contribution in [3.05, 3.63) is 65.9 Å². The first-order valence-electron chi connectivity index (χ1n) is 6.23. The highest BCUT2D eigenvalue weighted by Crippen LogP contribution is 2.44. The molecule has 2 rings (SSSR count). The highest BCUT2D eigenvalue weighted by Gasteiger charge is 2.36. The summed E-state index contributed by atoms with van der Waals surface area (Å²) in [5, 5.41) is 38.7. The SMILES string of the molecule is COC(C=CO)(c1ccccc1)c1cc(O)cc(O)c1O. The average Bonchev–Trinajstić information content (AvgIpc) is 2.49. The zero-order valence-electron chi connectivity index (χ0n) is 11.4. The first-order chi connectivity index (χ1) is 10.0. The van der Waals surface area contributed by atoms with Gasteiger partial charge in [0.2, 0.25) is 0 Å². The predicted molar refractivity (Wildman–Crippen MR) is 77.4 cm³/mol. The van der Waals surface area contributed by atoms with Crippen molar-refractivity contribution in [2.75, 3.05) is 7.11 Å². The Kier molecular flexibility index (Phi) is 4.05. The van der Waals surface area contributed by atoms with Crippen LogP contribution < -0.4 is 0 Å². The minimum absolute atomic E-state index is 0.110. The third-order valence-corrected chi connectivity index (χ3v) is 3.31. The summed E-state index contributed by atoms with van der Waals surface area (Å²) in [6.45, 7) is 0. The number of ether oxygens (including phenoxy) is 1. The van der Waals surface area contributed by atoms with Gasteiger partial charge in [0.15, 0.2) is 11.5 Å². The molecule has 0 heterocycles. The Morgan fingerprint density at radius 3 is 2.29 bits per heavy atom. The topological polar surface area (TPSA) is 90.2 Å². The van der Waals surface area contributed by atoms with E-state index >= 15 is 0 Å². The van der Waals surface area contributed by atoms with Gasteiger partial charge in [-0.3, -0.25) is 0 Å². The average molecular weight is 288 g/mol. The van der Waals surface area contributed by atoms with Crippen molar-refractivity contribution >= 4 is 0 Å². The molecule has 0 bridgehead atoms. The lowest BCUT2D eigenvalue weighted by molar-refractivity contribution is 0.0611. The molecule has 0 aliphatic rings. The molecule has 5 nitrogen and oxygen atoms in total. The van der Waals surface area contributed by atoms with Crippen LogP contribution in [0.3, 0.4) is 0 Å². The summed E-state index contributed by atoms with van der Waals surface area (Å²) >= 11 is 0. The highest BCUT2D eigenvalue weighted by atomic mass is 16.5. The van der Waals surface area contributed by atoms with Gasteiger partial charge >= 0.3 is 0 Å². The minimum atomic E-state index is -1.35. The lowest BCUT2D eigenvalue weighted by Crippen LogP contribution is -2.27. The van der Waals surface area contributed by atoms with E-state index in [1.807, 2.05) is 6.07 Å². The van der Waals surface area contributed by atoms with Crippen molar-refractivity contribution in [3.8, 4) is 17.2 Å². The van der Waals surface area contributed by atoms with Crippen molar-refractivity contribution in [2.45, 2.75) is 5.60 Å². The first kappa shape index (κ1) is 14.7. The van der Waals surface area contributed by atoms with Crippen LogP contribution in [0.15, 0.2) is 54.8 Å². The van der Waals surface area contributed by atoms with Crippen LogP contribution in [0, 0.1) is 0 Å². The van der Waals surface area contributed by atoms with E-state index in [0.717, 1.165) is 12.3 Å². The summed E-state index contributed by atoms with van der Waals surface area (Å²) in [6, 6.07) is 11.1. The summed E-state index contributed by atoms with van der Waals surface area (Å²) in [5.74, 6) is -1.14. The maximum Gasteiger partial charge on any atom is 0.164 e.